The van der Waals surface area contributed by atoms with Crippen LogP contribution in [0.15, 0.2) is 11.6 Å². The molecule has 0 N–H and O–H groups in total. The minimum absolute atomic E-state index is 0.334. The van der Waals surface area contributed by atoms with Gasteiger partial charge in [-0.1, -0.05) is 46.1 Å². The first-order valence-corrected chi connectivity index (χ1v) is 11.1. The standard InChI is InChI=1S/C24H38O/c1-5-6-12-22(2)13-10-21-19-8-7-17-16-18(25)9-14-23(17,3)20(19)11-15-24(21,22)4/h16,19-21H,5-15H2,1-4H3/t19?,20-,21-,22?,23-,24-/m0/s1. The van der Waals surface area contributed by atoms with Gasteiger partial charge in [0.2, 0.25) is 0 Å². The number of ketones is 1. The second kappa shape index (κ2) is 5.96. The Morgan fingerprint density at radius 3 is 2.52 bits per heavy atom. The summed E-state index contributed by atoms with van der Waals surface area (Å²) in [6.07, 6.45) is 16.4. The number of carbonyl (C=O) groups excluding carboxylic acids is 1. The summed E-state index contributed by atoms with van der Waals surface area (Å²) in [5.74, 6) is 3.08. The molecule has 4 rings (SSSR count). The number of hydrogen-bond donors (Lipinski definition) is 0. The molecule has 140 valence electrons. The van der Waals surface area contributed by atoms with Crippen molar-refractivity contribution >= 4 is 5.78 Å². The molecular weight excluding hydrogens is 304 g/mol. The molecule has 0 aromatic heterocycles. The van der Waals surface area contributed by atoms with E-state index < -0.39 is 0 Å². The van der Waals surface area contributed by atoms with Gasteiger partial charge in [0.15, 0.2) is 5.78 Å². The second-order valence-electron chi connectivity index (χ2n) is 10.6. The van der Waals surface area contributed by atoms with Crippen LogP contribution >= 0.6 is 0 Å². The first kappa shape index (κ1) is 17.8. The van der Waals surface area contributed by atoms with Crippen LogP contribution in [-0.4, -0.2) is 5.78 Å². The molecule has 3 saturated carbocycles. The van der Waals surface area contributed by atoms with Crippen molar-refractivity contribution in [3.8, 4) is 0 Å². The molecule has 1 heteroatoms. The van der Waals surface area contributed by atoms with Gasteiger partial charge in [-0.05, 0) is 91.4 Å². The van der Waals surface area contributed by atoms with Gasteiger partial charge in [-0.25, -0.2) is 0 Å². The van der Waals surface area contributed by atoms with Crippen molar-refractivity contribution in [2.45, 2.75) is 98.3 Å². The third-order valence-electron chi connectivity index (χ3n) is 9.82. The third kappa shape index (κ3) is 2.43. The van der Waals surface area contributed by atoms with Crippen LogP contribution in [0.5, 0.6) is 0 Å². The topological polar surface area (TPSA) is 17.1 Å². The molecule has 2 unspecified atom stereocenters. The van der Waals surface area contributed by atoms with E-state index in [-0.39, 0.29) is 0 Å². The minimum Gasteiger partial charge on any atom is -0.295 e. The van der Waals surface area contributed by atoms with E-state index in [1.807, 2.05) is 6.08 Å². The maximum Gasteiger partial charge on any atom is 0.155 e. The van der Waals surface area contributed by atoms with Crippen molar-refractivity contribution in [2.24, 2.45) is 34.0 Å². The molecule has 6 atom stereocenters. The van der Waals surface area contributed by atoms with E-state index in [1.165, 1.54) is 63.4 Å². The molecular formula is C24H38O. The Labute approximate surface area is 155 Å². The summed E-state index contributed by atoms with van der Waals surface area (Å²) in [7, 11) is 0. The molecule has 3 fully saturated rings. The Balaban J connectivity index is 1.62. The SMILES string of the molecule is CCCCC1(C)CC[C@H]2C3CCC4=CC(=O)CC[C@]4(C)[C@H]3CC[C@@]21C. The molecule has 1 nitrogen and oxygen atoms in total. The smallest absolute Gasteiger partial charge is 0.155 e. The molecule has 25 heavy (non-hydrogen) atoms. The fraction of sp³-hybridized carbons (Fsp3) is 0.875. The fourth-order valence-electron chi connectivity index (χ4n) is 7.90. The molecule has 0 aromatic rings. The van der Waals surface area contributed by atoms with E-state index in [0.29, 0.717) is 22.0 Å². The van der Waals surface area contributed by atoms with Gasteiger partial charge in [0.05, 0.1) is 0 Å². The average Bonchev–Trinajstić information content (AvgIpc) is 2.85. The van der Waals surface area contributed by atoms with E-state index in [2.05, 4.69) is 27.7 Å². The highest BCUT2D eigenvalue weighted by molar-refractivity contribution is 5.91. The van der Waals surface area contributed by atoms with E-state index in [9.17, 15) is 4.79 Å². The Morgan fingerprint density at radius 1 is 1.00 bits per heavy atom. The van der Waals surface area contributed by atoms with Gasteiger partial charge in [-0.15, -0.1) is 0 Å². The molecule has 0 saturated heterocycles. The highest BCUT2D eigenvalue weighted by atomic mass is 16.1. The van der Waals surface area contributed by atoms with Gasteiger partial charge in [0.1, 0.15) is 0 Å². The lowest BCUT2D eigenvalue weighted by Gasteiger charge is -2.59. The zero-order valence-corrected chi connectivity index (χ0v) is 17.0. The monoisotopic (exact) mass is 342 g/mol. The fourth-order valence-corrected chi connectivity index (χ4v) is 7.90. The summed E-state index contributed by atoms with van der Waals surface area (Å²) in [6.45, 7) is 10.1. The van der Waals surface area contributed by atoms with Crippen LogP contribution in [0.2, 0.25) is 0 Å². The third-order valence-corrected chi connectivity index (χ3v) is 9.82. The van der Waals surface area contributed by atoms with Gasteiger partial charge in [0.25, 0.3) is 0 Å². The van der Waals surface area contributed by atoms with Crippen molar-refractivity contribution in [3.63, 3.8) is 0 Å². The molecule has 0 aromatic carbocycles. The van der Waals surface area contributed by atoms with Crippen molar-refractivity contribution < 1.29 is 4.79 Å². The number of hydrogen-bond acceptors (Lipinski definition) is 1. The Morgan fingerprint density at radius 2 is 1.76 bits per heavy atom. The van der Waals surface area contributed by atoms with E-state index >= 15 is 0 Å². The van der Waals surface area contributed by atoms with E-state index in [1.54, 1.807) is 0 Å². The Hall–Kier alpha value is -0.590. The molecule has 4 aliphatic carbocycles. The Kier molecular flexibility index (Phi) is 4.25. The number of allylic oxidation sites excluding steroid dienone is 1. The molecule has 0 aliphatic heterocycles. The Bertz CT molecular complexity index is 589. The maximum atomic E-state index is 12.0. The first-order chi connectivity index (χ1) is 11.8. The lowest BCUT2D eigenvalue weighted by molar-refractivity contribution is -0.118. The lowest BCUT2D eigenvalue weighted by Crippen LogP contribution is -2.52. The van der Waals surface area contributed by atoms with Gasteiger partial charge in [-0.3, -0.25) is 4.79 Å². The van der Waals surface area contributed by atoms with Crippen LogP contribution < -0.4 is 0 Å². The summed E-state index contributed by atoms with van der Waals surface area (Å²) in [4.78, 5) is 12.0. The van der Waals surface area contributed by atoms with Crippen molar-refractivity contribution in [1.82, 2.24) is 0 Å². The molecule has 0 amide bonds. The van der Waals surface area contributed by atoms with Gasteiger partial charge >= 0.3 is 0 Å². The highest BCUT2D eigenvalue weighted by Gasteiger charge is 2.62. The molecule has 0 spiro atoms. The zero-order chi connectivity index (χ0) is 17.9. The number of unbranched alkanes of at least 4 members (excludes halogenated alkanes) is 1. The van der Waals surface area contributed by atoms with E-state index in [0.717, 1.165) is 30.6 Å². The van der Waals surface area contributed by atoms with E-state index in [4.69, 9.17) is 0 Å². The van der Waals surface area contributed by atoms with Crippen LogP contribution in [-0.2, 0) is 4.79 Å². The van der Waals surface area contributed by atoms with Gasteiger partial charge in [-0.2, -0.15) is 0 Å². The molecule has 0 radical (unpaired) electrons. The average molecular weight is 343 g/mol. The molecule has 0 heterocycles. The zero-order valence-electron chi connectivity index (χ0n) is 17.0. The van der Waals surface area contributed by atoms with Crippen LogP contribution in [0.3, 0.4) is 0 Å². The summed E-state index contributed by atoms with van der Waals surface area (Å²) in [5.41, 5.74) is 2.98. The number of rotatable bonds is 3. The summed E-state index contributed by atoms with van der Waals surface area (Å²) in [5, 5.41) is 0. The molecule has 0 bridgehead atoms. The minimum atomic E-state index is 0.334. The largest absolute Gasteiger partial charge is 0.295 e. The quantitative estimate of drug-likeness (QED) is 0.556. The summed E-state index contributed by atoms with van der Waals surface area (Å²) in [6, 6.07) is 0. The van der Waals surface area contributed by atoms with Crippen molar-refractivity contribution in [1.29, 1.82) is 0 Å². The van der Waals surface area contributed by atoms with Crippen LogP contribution in [0.25, 0.3) is 0 Å². The normalized spacial score (nSPS) is 49.2. The number of fused-ring (bicyclic) bond motifs is 5. The highest BCUT2D eigenvalue weighted by Crippen LogP contribution is 2.70. The predicted octanol–water partition coefficient (Wildman–Crippen LogP) is 6.71. The van der Waals surface area contributed by atoms with Crippen molar-refractivity contribution in [2.75, 3.05) is 0 Å². The second-order valence-corrected chi connectivity index (χ2v) is 10.6. The van der Waals surface area contributed by atoms with Crippen LogP contribution in [0, 0.1) is 34.0 Å². The maximum absolute atomic E-state index is 12.0. The predicted molar refractivity (Wildman–Crippen MR) is 104 cm³/mol. The summed E-state index contributed by atoms with van der Waals surface area (Å²) >= 11 is 0. The van der Waals surface area contributed by atoms with Crippen molar-refractivity contribution in [3.05, 3.63) is 11.6 Å². The lowest BCUT2D eigenvalue weighted by atomic mass is 9.45. The van der Waals surface area contributed by atoms with Crippen LogP contribution in [0.4, 0.5) is 0 Å². The van der Waals surface area contributed by atoms with Gasteiger partial charge in [0, 0.05) is 6.42 Å². The molecule has 4 aliphatic rings. The first-order valence-electron chi connectivity index (χ1n) is 11.1. The van der Waals surface area contributed by atoms with Crippen LogP contribution in [0.1, 0.15) is 98.3 Å². The number of carbonyl (C=O) groups is 1. The summed E-state index contributed by atoms with van der Waals surface area (Å²) < 4.78 is 0. The van der Waals surface area contributed by atoms with Gasteiger partial charge < -0.3 is 0 Å².